The number of imidazole rings is 1. The molecule has 0 aliphatic heterocycles. The van der Waals surface area contributed by atoms with E-state index in [1.54, 1.807) is 24.7 Å². The fourth-order valence-corrected chi connectivity index (χ4v) is 5.39. The van der Waals surface area contributed by atoms with Crippen molar-refractivity contribution in [1.82, 2.24) is 30.1 Å². The van der Waals surface area contributed by atoms with Crippen LogP contribution in [-0.4, -0.2) is 36.0 Å². The molecule has 37 heavy (non-hydrogen) atoms. The van der Waals surface area contributed by atoms with E-state index in [9.17, 15) is 9.18 Å². The summed E-state index contributed by atoms with van der Waals surface area (Å²) in [7, 11) is 0. The summed E-state index contributed by atoms with van der Waals surface area (Å²) < 4.78 is 13.7. The molecule has 0 unspecified atom stereocenters. The van der Waals surface area contributed by atoms with Crippen molar-refractivity contribution in [2.45, 2.75) is 19.3 Å². The Morgan fingerprint density at radius 2 is 2.00 bits per heavy atom. The van der Waals surface area contributed by atoms with Gasteiger partial charge in [-0.1, -0.05) is 12.5 Å². The number of halogens is 1. The lowest BCUT2D eigenvalue weighted by Crippen LogP contribution is -2.28. The Bertz CT molecular complexity index is 1800. The van der Waals surface area contributed by atoms with Crippen molar-refractivity contribution in [2.75, 3.05) is 5.32 Å². The summed E-state index contributed by atoms with van der Waals surface area (Å²) in [5, 5.41) is 11.2. The average Bonchev–Trinajstić information content (AvgIpc) is 3.60. The average molecular weight is 510 g/mol. The van der Waals surface area contributed by atoms with E-state index in [0.29, 0.717) is 28.4 Å². The Morgan fingerprint density at radius 3 is 2.81 bits per heavy atom. The zero-order valence-corrected chi connectivity index (χ0v) is 20.3. The maximum absolute atomic E-state index is 13.7. The van der Waals surface area contributed by atoms with E-state index in [0.717, 1.165) is 63.1 Å². The summed E-state index contributed by atoms with van der Waals surface area (Å²) in [6, 6.07) is 12.9. The normalized spacial score (nSPS) is 13.8. The molecule has 1 aromatic carbocycles. The highest BCUT2D eigenvalue weighted by atomic mass is 32.1. The van der Waals surface area contributed by atoms with E-state index in [1.807, 2.05) is 30.3 Å². The van der Waals surface area contributed by atoms with Crippen LogP contribution in [0.5, 0.6) is 0 Å². The van der Waals surface area contributed by atoms with Crippen molar-refractivity contribution in [3.05, 3.63) is 66.2 Å². The van der Waals surface area contributed by atoms with Crippen LogP contribution >= 0.6 is 11.3 Å². The maximum atomic E-state index is 13.7. The van der Waals surface area contributed by atoms with Crippen LogP contribution in [0.2, 0.25) is 0 Å². The number of benzene rings is 1. The van der Waals surface area contributed by atoms with Gasteiger partial charge in [-0.15, -0.1) is 11.3 Å². The van der Waals surface area contributed by atoms with Gasteiger partial charge in [-0.2, -0.15) is 9.49 Å². The molecular weight excluding hydrogens is 489 g/mol. The number of nitrogens with one attached hydrogen (secondary N) is 3. The van der Waals surface area contributed by atoms with Gasteiger partial charge in [0.1, 0.15) is 11.2 Å². The van der Waals surface area contributed by atoms with Gasteiger partial charge in [0.2, 0.25) is 5.91 Å². The Hall–Kier alpha value is -4.44. The Kier molecular flexibility index (Phi) is 5.07. The molecule has 182 valence electrons. The quantitative estimate of drug-likeness (QED) is 0.257. The number of anilines is 1. The summed E-state index contributed by atoms with van der Waals surface area (Å²) >= 11 is 1.07. The van der Waals surface area contributed by atoms with Crippen LogP contribution in [0.15, 0.2) is 61.1 Å². The molecule has 10 heteroatoms. The van der Waals surface area contributed by atoms with Crippen LogP contribution in [0.1, 0.15) is 19.3 Å². The molecule has 0 atom stereocenters. The highest BCUT2D eigenvalue weighted by Gasteiger charge is 2.25. The van der Waals surface area contributed by atoms with Crippen molar-refractivity contribution < 1.29 is 9.18 Å². The van der Waals surface area contributed by atoms with Crippen molar-refractivity contribution >= 4 is 45.0 Å². The van der Waals surface area contributed by atoms with E-state index in [2.05, 4.69) is 30.5 Å². The molecule has 8 nitrogen and oxygen atoms in total. The van der Waals surface area contributed by atoms with E-state index in [1.165, 1.54) is 6.07 Å². The van der Waals surface area contributed by atoms with Gasteiger partial charge >= 0.3 is 0 Å². The highest BCUT2D eigenvalue weighted by Crippen LogP contribution is 2.35. The van der Waals surface area contributed by atoms with Gasteiger partial charge in [0.25, 0.3) is 0 Å². The van der Waals surface area contributed by atoms with Crippen LogP contribution < -0.4 is 5.32 Å². The summed E-state index contributed by atoms with van der Waals surface area (Å²) in [4.78, 5) is 30.0. The maximum Gasteiger partial charge on any atom is 0.227 e. The third kappa shape index (κ3) is 3.86. The second-order valence-corrected chi connectivity index (χ2v) is 10.2. The Balaban J connectivity index is 1.26. The van der Waals surface area contributed by atoms with Crippen LogP contribution in [0.25, 0.3) is 55.2 Å². The minimum Gasteiger partial charge on any atom is -0.324 e. The first kappa shape index (κ1) is 21.8. The molecule has 1 amide bonds. The smallest absolute Gasteiger partial charge is 0.227 e. The number of aromatic amines is 2. The molecule has 6 aromatic rings. The molecule has 0 spiro atoms. The van der Waals surface area contributed by atoms with Gasteiger partial charge in [-0.05, 0) is 54.8 Å². The lowest BCUT2D eigenvalue weighted by atomic mass is 9.85. The number of hydrogen-bond donors (Lipinski definition) is 3. The zero-order valence-electron chi connectivity index (χ0n) is 19.5. The van der Waals surface area contributed by atoms with Crippen LogP contribution in [0.3, 0.4) is 0 Å². The number of fused-ring (bicyclic) bond motifs is 2. The highest BCUT2D eigenvalue weighted by molar-refractivity contribution is 7.14. The summed E-state index contributed by atoms with van der Waals surface area (Å²) in [5.74, 6) is 0.724. The lowest BCUT2D eigenvalue weighted by Gasteiger charge is -2.24. The van der Waals surface area contributed by atoms with Gasteiger partial charge < -0.3 is 10.3 Å². The number of hydrogen-bond acceptors (Lipinski definition) is 6. The third-order valence-electron chi connectivity index (χ3n) is 6.83. The number of aromatic nitrogens is 6. The first-order chi connectivity index (χ1) is 18.1. The van der Waals surface area contributed by atoms with Gasteiger partial charge in [0.15, 0.2) is 16.6 Å². The standard InChI is InChI=1S/C27H20FN7OS/c28-22-7-6-21(37-22)18-8-9-30-25-23(18)32-26(33-25)24-19-11-15(4-5-20(19)34-35-24)16-10-17(13-29-12-16)31-27(36)14-2-1-3-14/h4-14H,1-3H2,(H,31,36)(H,34,35)(H,30,32,33). The van der Waals surface area contributed by atoms with Gasteiger partial charge in [-0.3, -0.25) is 14.9 Å². The van der Waals surface area contributed by atoms with Gasteiger partial charge in [0.05, 0.1) is 17.4 Å². The van der Waals surface area contributed by atoms with E-state index >= 15 is 0 Å². The molecule has 1 aliphatic carbocycles. The van der Waals surface area contributed by atoms with Crippen molar-refractivity contribution in [3.63, 3.8) is 0 Å². The molecule has 1 saturated carbocycles. The molecule has 0 saturated heterocycles. The zero-order chi connectivity index (χ0) is 24.9. The van der Waals surface area contributed by atoms with Gasteiger partial charge in [0, 0.05) is 39.7 Å². The fourth-order valence-electron chi connectivity index (χ4n) is 4.64. The largest absolute Gasteiger partial charge is 0.324 e. The SMILES string of the molecule is O=C(Nc1cncc(-c2ccc3[nH]nc(-c4nc5c(-c6ccc(F)s6)ccnc5[nH]4)c3c2)c1)C1CCC1. The van der Waals surface area contributed by atoms with Crippen molar-refractivity contribution in [2.24, 2.45) is 5.92 Å². The number of rotatable bonds is 5. The first-order valence-electron chi connectivity index (χ1n) is 12.0. The van der Waals surface area contributed by atoms with Crippen LogP contribution in [0, 0.1) is 11.0 Å². The molecule has 0 bridgehead atoms. The summed E-state index contributed by atoms with van der Waals surface area (Å²) in [6.45, 7) is 0. The van der Waals surface area contributed by atoms with E-state index in [-0.39, 0.29) is 17.0 Å². The first-order valence-corrected chi connectivity index (χ1v) is 12.8. The summed E-state index contributed by atoms with van der Waals surface area (Å²) in [6.07, 6.45) is 8.13. The lowest BCUT2D eigenvalue weighted by molar-refractivity contribution is -0.122. The summed E-state index contributed by atoms with van der Waals surface area (Å²) in [5.41, 5.74) is 6.09. The second kappa shape index (κ2) is 8.59. The van der Waals surface area contributed by atoms with E-state index < -0.39 is 0 Å². The molecular formula is C27H20FN7OS. The van der Waals surface area contributed by atoms with E-state index in [4.69, 9.17) is 4.98 Å². The predicted octanol–water partition coefficient (Wildman–Crippen LogP) is 6.17. The molecule has 1 fully saturated rings. The number of carbonyl (C=O) groups excluding carboxylic acids is 1. The Morgan fingerprint density at radius 1 is 1.08 bits per heavy atom. The molecule has 5 aromatic heterocycles. The molecule has 5 heterocycles. The molecule has 1 aliphatic rings. The van der Waals surface area contributed by atoms with Crippen LogP contribution in [0.4, 0.5) is 10.1 Å². The monoisotopic (exact) mass is 509 g/mol. The Labute approximate surface area is 214 Å². The number of H-pyrrole nitrogens is 2. The number of thiophene rings is 1. The third-order valence-corrected chi connectivity index (χ3v) is 7.73. The second-order valence-electron chi connectivity index (χ2n) is 9.16. The topological polar surface area (TPSA) is 112 Å². The number of pyridine rings is 2. The molecule has 0 radical (unpaired) electrons. The molecule has 3 N–H and O–H groups in total. The fraction of sp³-hybridized carbons (Fsp3) is 0.148. The number of carbonyl (C=O) groups is 1. The van der Waals surface area contributed by atoms with Gasteiger partial charge in [-0.25, -0.2) is 9.97 Å². The van der Waals surface area contributed by atoms with Crippen LogP contribution in [-0.2, 0) is 4.79 Å². The molecule has 7 rings (SSSR count). The minimum atomic E-state index is -0.247. The minimum absolute atomic E-state index is 0.0564. The van der Waals surface area contributed by atoms with Crippen molar-refractivity contribution in [3.8, 4) is 33.1 Å². The van der Waals surface area contributed by atoms with Crippen molar-refractivity contribution in [1.29, 1.82) is 0 Å². The predicted molar refractivity (Wildman–Crippen MR) is 141 cm³/mol. The number of amides is 1. The number of nitrogens with zero attached hydrogens (tertiary/aromatic N) is 4.